The number of hydrogen-bond donors (Lipinski definition) is 1. The first-order valence-electron chi connectivity index (χ1n) is 9.40. The van der Waals surface area contributed by atoms with Gasteiger partial charge in [0.15, 0.2) is 5.69 Å². The number of carbonyl (C=O) groups is 1. The lowest BCUT2D eigenvalue weighted by atomic mass is 9.85. The van der Waals surface area contributed by atoms with E-state index >= 15 is 0 Å². The molecule has 2 unspecified atom stereocenters. The fourth-order valence-electron chi connectivity index (χ4n) is 4.56. The molecular formula is C20H23FN4O. The van der Waals surface area contributed by atoms with Gasteiger partial charge in [0.1, 0.15) is 5.82 Å². The third kappa shape index (κ3) is 2.63. The minimum atomic E-state index is -0.240. The standard InChI is InChI=1S/C20H23FN4O/c21-14-3-1-13(2-4-14)16-5-8-24(11-17(16)22)19(26)18-9-15-10-20(6-7-20)12-25(15)23-18/h1-4,9,16-17H,5-8,10-12,22H2. The van der Waals surface area contributed by atoms with E-state index in [0.717, 1.165) is 24.9 Å². The molecule has 0 radical (unpaired) electrons. The fraction of sp³-hybridized carbons (Fsp3) is 0.500. The van der Waals surface area contributed by atoms with Crippen molar-refractivity contribution in [3.05, 3.63) is 53.1 Å². The van der Waals surface area contributed by atoms with Crippen molar-refractivity contribution in [3.8, 4) is 0 Å². The molecule has 2 aromatic rings. The van der Waals surface area contributed by atoms with Gasteiger partial charge in [0, 0.05) is 37.3 Å². The maximum Gasteiger partial charge on any atom is 0.274 e. The number of benzene rings is 1. The van der Waals surface area contributed by atoms with Crippen LogP contribution < -0.4 is 5.73 Å². The highest BCUT2D eigenvalue weighted by molar-refractivity contribution is 5.92. The molecule has 1 aromatic carbocycles. The van der Waals surface area contributed by atoms with Crippen LogP contribution in [0.2, 0.25) is 0 Å². The number of hydrogen-bond acceptors (Lipinski definition) is 3. The van der Waals surface area contributed by atoms with Crippen molar-refractivity contribution in [1.29, 1.82) is 0 Å². The smallest absolute Gasteiger partial charge is 0.274 e. The number of piperidine rings is 1. The Hall–Kier alpha value is -2.21. The molecule has 1 amide bonds. The predicted molar refractivity (Wildman–Crippen MR) is 95.2 cm³/mol. The number of halogens is 1. The Morgan fingerprint density at radius 3 is 2.69 bits per heavy atom. The largest absolute Gasteiger partial charge is 0.336 e. The third-order valence-electron chi connectivity index (χ3n) is 6.32. The van der Waals surface area contributed by atoms with Gasteiger partial charge in [-0.15, -0.1) is 0 Å². The Labute approximate surface area is 152 Å². The molecule has 1 spiro atoms. The predicted octanol–water partition coefficient (Wildman–Crippen LogP) is 2.32. The summed E-state index contributed by atoms with van der Waals surface area (Å²) in [5.74, 6) is -0.109. The molecule has 6 heteroatoms. The quantitative estimate of drug-likeness (QED) is 0.900. The van der Waals surface area contributed by atoms with Gasteiger partial charge in [0.25, 0.3) is 5.91 Å². The first kappa shape index (κ1) is 16.0. The van der Waals surface area contributed by atoms with Crippen LogP contribution in [-0.2, 0) is 13.0 Å². The molecule has 1 aliphatic carbocycles. The highest BCUT2D eigenvalue weighted by atomic mass is 19.1. The zero-order valence-electron chi connectivity index (χ0n) is 14.7. The monoisotopic (exact) mass is 354 g/mol. The van der Waals surface area contributed by atoms with E-state index in [1.54, 1.807) is 12.1 Å². The number of rotatable bonds is 2. The molecule has 26 heavy (non-hydrogen) atoms. The van der Waals surface area contributed by atoms with Crippen molar-refractivity contribution in [2.75, 3.05) is 13.1 Å². The van der Waals surface area contributed by atoms with E-state index in [0.29, 0.717) is 24.2 Å². The van der Waals surface area contributed by atoms with E-state index in [2.05, 4.69) is 5.10 Å². The van der Waals surface area contributed by atoms with Gasteiger partial charge in [-0.25, -0.2) is 4.39 Å². The molecule has 3 heterocycles. The number of fused-ring (bicyclic) bond motifs is 1. The Balaban J connectivity index is 1.27. The van der Waals surface area contributed by atoms with Crippen molar-refractivity contribution in [2.24, 2.45) is 11.1 Å². The number of amides is 1. The summed E-state index contributed by atoms with van der Waals surface area (Å²) in [5.41, 5.74) is 9.60. The molecule has 2 aliphatic heterocycles. The summed E-state index contributed by atoms with van der Waals surface area (Å²) in [4.78, 5) is 14.7. The first-order valence-corrected chi connectivity index (χ1v) is 9.40. The Kier molecular flexibility index (Phi) is 3.47. The SMILES string of the molecule is NC1CN(C(=O)c2cc3n(n2)CC2(CC2)C3)CCC1c1ccc(F)cc1. The van der Waals surface area contributed by atoms with Crippen LogP contribution in [0.1, 0.15) is 46.9 Å². The van der Waals surface area contributed by atoms with Gasteiger partial charge < -0.3 is 10.6 Å². The van der Waals surface area contributed by atoms with Crippen LogP contribution in [0, 0.1) is 11.2 Å². The normalized spacial score (nSPS) is 26.2. The minimum Gasteiger partial charge on any atom is -0.336 e. The Morgan fingerprint density at radius 2 is 2.04 bits per heavy atom. The summed E-state index contributed by atoms with van der Waals surface area (Å²) in [5, 5.41) is 4.56. The van der Waals surface area contributed by atoms with E-state index in [1.165, 1.54) is 30.7 Å². The summed E-state index contributed by atoms with van der Waals surface area (Å²) < 4.78 is 15.2. The Bertz CT molecular complexity index is 830. The average Bonchev–Trinajstić information content (AvgIpc) is 3.13. The van der Waals surface area contributed by atoms with Crippen LogP contribution in [0.3, 0.4) is 0 Å². The average molecular weight is 354 g/mol. The van der Waals surface area contributed by atoms with Gasteiger partial charge in [0.2, 0.25) is 0 Å². The molecule has 0 bridgehead atoms. The van der Waals surface area contributed by atoms with E-state index in [-0.39, 0.29) is 23.7 Å². The number of aromatic nitrogens is 2. The van der Waals surface area contributed by atoms with Crippen LogP contribution in [0.15, 0.2) is 30.3 Å². The summed E-state index contributed by atoms with van der Waals surface area (Å²) in [6, 6.07) is 8.35. The number of nitrogens with two attached hydrogens (primary N) is 1. The molecule has 1 saturated heterocycles. The first-order chi connectivity index (χ1) is 12.5. The van der Waals surface area contributed by atoms with Crippen molar-refractivity contribution in [3.63, 3.8) is 0 Å². The molecule has 2 fully saturated rings. The highest BCUT2D eigenvalue weighted by Gasteiger charge is 2.48. The molecule has 136 valence electrons. The second kappa shape index (κ2) is 5.64. The lowest BCUT2D eigenvalue weighted by Gasteiger charge is -2.36. The van der Waals surface area contributed by atoms with E-state index in [1.807, 2.05) is 15.6 Å². The molecular weight excluding hydrogens is 331 g/mol. The van der Waals surface area contributed by atoms with Gasteiger partial charge in [-0.2, -0.15) is 5.10 Å². The summed E-state index contributed by atoms with van der Waals surface area (Å²) in [6.45, 7) is 2.12. The summed E-state index contributed by atoms with van der Waals surface area (Å²) in [6.07, 6.45) is 4.41. The molecule has 2 N–H and O–H groups in total. The van der Waals surface area contributed by atoms with Gasteiger partial charge in [-0.05, 0) is 54.9 Å². The number of carbonyl (C=O) groups excluding carboxylic acids is 1. The van der Waals surface area contributed by atoms with Crippen molar-refractivity contribution in [1.82, 2.24) is 14.7 Å². The van der Waals surface area contributed by atoms with Crippen molar-refractivity contribution in [2.45, 2.75) is 44.2 Å². The highest BCUT2D eigenvalue weighted by Crippen LogP contribution is 2.53. The molecule has 1 aromatic heterocycles. The van der Waals surface area contributed by atoms with Gasteiger partial charge in [-0.3, -0.25) is 9.48 Å². The zero-order chi connectivity index (χ0) is 17.9. The van der Waals surface area contributed by atoms with Gasteiger partial charge in [-0.1, -0.05) is 12.1 Å². The number of nitrogens with zero attached hydrogens (tertiary/aromatic N) is 3. The number of likely N-dealkylation sites (tertiary alicyclic amines) is 1. The molecule has 1 saturated carbocycles. The molecule has 5 nitrogen and oxygen atoms in total. The van der Waals surface area contributed by atoms with Crippen LogP contribution >= 0.6 is 0 Å². The lowest BCUT2D eigenvalue weighted by Crippen LogP contribution is -2.49. The summed E-state index contributed by atoms with van der Waals surface area (Å²) in [7, 11) is 0. The van der Waals surface area contributed by atoms with Crippen LogP contribution in [-0.4, -0.2) is 39.7 Å². The minimum absolute atomic E-state index is 0.0234. The maximum absolute atomic E-state index is 13.1. The summed E-state index contributed by atoms with van der Waals surface area (Å²) >= 11 is 0. The third-order valence-corrected chi connectivity index (χ3v) is 6.32. The fourth-order valence-corrected chi connectivity index (χ4v) is 4.56. The molecule has 2 atom stereocenters. The van der Waals surface area contributed by atoms with Crippen molar-refractivity contribution < 1.29 is 9.18 Å². The second-order valence-electron chi connectivity index (χ2n) is 8.22. The zero-order valence-corrected chi connectivity index (χ0v) is 14.7. The van der Waals surface area contributed by atoms with Crippen LogP contribution in [0.4, 0.5) is 4.39 Å². The van der Waals surface area contributed by atoms with Gasteiger partial charge >= 0.3 is 0 Å². The van der Waals surface area contributed by atoms with Crippen LogP contribution in [0.25, 0.3) is 0 Å². The maximum atomic E-state index is 13.1. The topological polar surface area (TPSA) is 64.2 Å². The lowest BCUT2D eigenvalue weighted by molar-refractivity contribution is 0.0686. The van der Waals surface area contributed by atoms with Crippen LogP contribution in [0.5, 0.6) is 0 Å². The molecule has 3 aliphatic rings. The van der Waals surface area contributed by atoms with E-state index in [4.69, 9.17) is 5.73 Å². The molecule has 5 rings (SSSR count). The van der Waals surface area contributed by atoms with E-state index < -0.39 is 0 Å². The Morgan fingerprint density at radius 1 is 1.27 bits per heavy atom. The second-order valence-corrected chi connectivity index (χ2v) is 8.22. The van der Waals surface area contributed by atoms with Gasteiger partial charge in [0.05, 0.1) is 0 Å². The van der Waals surface area contributed by atoms with E-state index in [9.17, 15) is 9.18 Å². The van der Waals surface area contributed by atoms with Crippen molar-refractivity contribution >= 4 is 5.91 Å².